The van der Waals surface area contributed by atoms with Crippen LogP contribution in [-0.4, -0.2) is 28.1 Å². The predicted octanol–water partition coefficient (Wildman–Crippen LogP) is 2.03. The van der Waals surface area contributed by atoms with Crippen molar-refractivity contribution < 1.29 is 14.5 Å². The van der Waals surface area contributed by atoms with E-state index in [1.54, 1.807) is 0 Å². The minimum absolute atomic E-state index is 0.0331. The zero-order valence-corrected chi connectivity index (χ0v) is 8.97. The van der Waals surface area contributed by atoms with Gasteiger partial charge in [0, 0.05) is 24.7 Å². The zero-order chi connectivity index (χ0) is 12.3. The van der Waals surface area contributed by atoms with Crippen LogP contribution in [0.15, 0.2) is 24.3 Å². The van der Waals surface area contributed by atoms with E-state index in [0.29, 0.717) is 4.90 Å². The molecule has 6 nitrogen and oxygen atoms in total. The molecule has 0 spiro atoms. The lowest BCUT2D eigenvalue weighted by molar-refractivity contribution is -0.384. The van der Waals surface area contributed by atoms with Gasteiger partial charge in [0.05, 0.1) is 4.92 Å². The fourth-order valence-corrected chi connectivity index (χ4v) is 1.10. The Kier molecular flexibility index (Phi) is 3.57. The molecular formula is C9H7ClN2O4. The second-order valence-electron chi connectivity index (χ2n) is 2.92. The Labute approximate surface area is 95.6 Å². The van der Waals surface area contributed by atoms with Gasteiger partial charge < -0.3 is 0 Å². The van der Waals surface area contributed by atoms with Gasteiger partial charge in [0.25, 0.3) is 11.6 Å². The summed E-state index contributed by atoms with van der Waals surface area (Å²) in [5.41, 5.74) is -0.188. The van der Waals surface area contributed by atoms with Crippen molar-refractivity contribution in [1.82, 2.24) is 4.90 Å². The summed E-state index contributed by atoms with van der Waals surface area (Å²) in [6.45, 7) is 0. The van der Waals surface area contributed by atoms with Gasteiger partial charge >= 0.3 is 5.37 Å². The summed E-state index contributed by atoms with van der Waals surface area (Å²) in [5, 5.41) is 9.52. The van der Waals surface area contributed by atoms with Gasteiger partial charge in [-0.05, 0) is 17.7 Å². The van der Waals surface area contributed by atoms with Gasteiger partial charge in [-0.1, -0.05) is 6.07 Å². The van der Waals surface area contributed by atoms with Crippen molar-refractivity contribution in [1.29, 1.82) is 0 Å². The number of halogens is 1. The van der Waals surface area contributed by atoms with Crippen LogP contribution in [0.3, 0.4) is 0 Å². The topological polar surface area (TPSA) is 80.5 Å². The van der Waals surface area contributed by atoms with Gasteiger partial charge in [-0.3, -0.25) is 24.6 Å². The smallest absolute Gasteiger partial charge is 0.269 e. The molecule has 0 heterocycles. The molecule has 0 aromatic heterocycles. The Hall–Kier alpha value is -1.95. The third kappa shape index (κ3) is 2.54. The highest BCUT2D eigenvalue weighted by atomic mass is 35.5. The third-order valence-electron chi connectivity index (χ3n) is 1.87. The van der Waals surface area contributed by atoms with Crippen LogP contribution in [0.25, 0.3) is 0 Å². The number of nitrogens with zero attached hydrogens (tertiary/aromatic N) is 2. The lowest BCUT2D eigenvalue weighted by Crippen LogP contribution is -2.28. The standard InChI is InChI=1S/C9H7ClN2O4/c1-11(9(10)14)8(13)6-3-2-4-7(5-6)12(15)16/h2-5H,1H3. The quantitative estimate of drug-likeness (QED) is 0.344. The number of imide groups is 1. The molecule has 0 aliphatic carbocycles. The van der Waals surface area contributed by atoms with Gasteiger partial charge in [-0.25, -0.2) is 0 Å². The monoisotopic (exact) mass is 242 g/mol. The van der Waals surface area contributed by atoms with Crippen molar-refractivity contribution in [2.75, 3.05) is 7.05 Å². The number of carbonyl (C=O) groups is 2. The first-order chi connectivity index (χ1) is 7.43. The van der Waals surface area contributed by atoms with Gasteiger partial charge in [-0.15, -0.1) is 0 Å². The first-order valence-electron chi connectivity index (χ1n) is 4.15. The number of nitro groups is 1. The molecule has 0 radical (unpaired) electrons. The molecule has 7 heteroatoms. The summed E-state index contributed by atoms with van der Waals surface area (Å²) in [7, 11) is 1.19. The summed E-state index contributed by atoms with van der Waals surface area (Å²) in [6.07, 6.45) is 0. The number of nitro benzene ring substituents is 1. The lowest BCUT2D eigenvalue weighted by Gasteiger charge is -2.10. The number of hydrogen-bond donors (Lipinski definition) is 0. The van der Waals surface area contributed by atoms with E-state index in [2.05, 4.69) is 0 Å². The molecule has 1 aromatic rings. The van der Waals surface area contributed by atoms with Gasteiger partial charge in [0.1, 0.15) is 0 Å². The van der Waals surface area contributed by atoms with Crippen LogP contribution in [0.2, 0.25) is 0 Å². The van der Waals surface area contributed by atoms with Gasteiger partial charge in [-0.2, -0.15) is 0 Å². The minimum Gasteiger partial charge on any atom is -0.269 e. The molecule has 0 atom stereocenters. The Balaban J connectivity index is 3.05. The second kappa shape index (κ2) is 4.71. The Morgan fingerprint density at radius 1 is 1.44 bits per heavy atom. The van der Waals surface area contributed by atoms with Gasteiger partial charge in [0.2, 0.25) is 0 Å². The summed E-state index contributed by atoms with van der Waals surface area (Å²) >= 11 is 5.11. The second-order valence-corrected chi connectivity index (χ2v) is 3.25. The molecule has 0 saturated carbocycles. The van der Waals surface area contributed by atoms with E-state index in [1.807, 2.05) is 0 Å². The zero-order valence-electron chi connectivity index (χ0n) is 8.21. The summed E-state index contributed by atoms with van der Waals surface area (Å²) in [5.74, 6) is -0.691. The van der Waals surface area contributed by atoms with E-state index in [0.717, 1.165) is 6.07 Å². The SMILES string of the molecule is CN(C(=O)Cl)C(=O)c1cccc([N+](=O)[O-])c1. The van der Waals surface area contributed by atoms with Crippen LogP contribution in [0.5, 0.6) is 0 Å². The molecule has 1 rings (SSSR count). The predicted molar refractivity (Wildman–Crippen MR) is 56.4 cm³/mol. The van der Waals surface area contributed by atoms with E-state index < -0.39 is 16.2 Å². The highest BCUT2D eigenvalue weighted by Gasteiger charge is 2.18. The average molecular weight is 243 g/mol. The third-order valence-corrected chi connectivity index (χ3v) is 2.13. The van der Waals surface area contributed by atoms with Crippen molar-refractivity contribution >= 4 is 28.6 Å². The fourth-order valence-electron chi connectivity index (χ4n) is 1.03. The van der Waals surface area contributed by atoms with Crippen LogP contribution in [0, 0.1) is 10.1 Å². The molecule has 1 aromatic carbocycles. The molecule has 84 valence electrons. The minimum atomic E-state index is -0.948. The number of amides is 2. The van der Waals surface area contributed by atoms with Crippen LogP contribution >= 0.6 is 11.6 Å². The number of hydrogen-bond acceptors (Lipinski definition) is 4. The van der Waals surface area contributed by atoms with E-state index in [4.69, 9.17) is 11.6 Å². The molecule has 0 bridgehead atoms. The van der Waals surface area contributed by atoms with Crippen LogP contribution in [0.1, 0.15) is 10.4 Å². The van der Waals surface area contributed by atoms with E-state index in [1.165, 1.54) is 25.2 Å². The van der Waals surface area contributed by atoms with Crippen molar-refractivity contribution in [3.63, 3.8) is 0 Å². The largest absolute Gasteiger partial charge is 0.323 e. The number of benzene rings is 1. The van der Waals surface area contributed by atoms with E-state index in [9.17, 15) is 19.7 Å². The lowest BCUT2D eigenvalue weighted by atomic mass is 10.2. The Morgan fingerprint density at radius 3 is 2.56 bits per heavy atom. The van der Waals surface area contributed by atoms with Crippen LogP contribution in [0.4, 0.5) is 10.5 Å². The van der Waals surface area contributed by atoms with Crippen molar-refractivity contribution in [3.8, 4) is 0 Å². The van der Waals surface area contributed by atoms with Crippen molar-refractivity contribution in [2.24, 2.45) is 0 Å². The average Bonchev–Trinajstić information content (AvgIpc) is 2.27. The van der Waals surface area contributed by atoms with E-state index >= 15 is 0 Å². The highest BCUT2D eigenvalue weighted by molar-refractivity contribution is 6.64. The summed E-state index contributed by atoms with van der Waals surface area (Å²) < 4.78 is 0. The number of rotatable bonds is 2. The van der Waals surface area contributed by atoms with Crippen molar-refractivity contribution in [3.05, 3.63) is 39.9 Å². The molecule has 0 N–H and O–H groups in total. The molecule has 0 aliphatic rings. The van der Waals surface area contributed by atoms with Crippen molar-refractivity contribution in [2.45, 2.75) is 0 Å². The van der Waals surface area contributed by atoms with Crippen LogP contribution < -0.4 is 0 Å². The Morgan fingerprint density at radius 2 is 2.06 bits per heavy atom. The van der Waals surface area contributed by atoms with E-state index in [-0.39, 0.29) is 11.3 Å². The first-order valence-corrected chi connectivity index (χ1v) is 4.53. The maximum atomic E-state index is 11.6. The number of non-ortho nitro benzene ring substituents is 1. The first kappa shape index (κ1) is 12.1. The Bertz CT molecular complexity index is 461. The molecule has 0 saturated heterocycles. The maximum absolute atomic E-state index is 11.6. The summed E-state index contributed by atoms with van der Waals surface area (Å²) in [6, 6.07) is 5.06. The molecule has 0 fully saturated rings. The molecule has 16 heavy (non-hydrogen) atoms. The van der Waals surface area contributed by atoms with Crippen LogP contribution in [-0.2, 0) is 0 Å². The fraction of sp³-hybridized carbons (Fsp3) is 0.111. The molecule has 0 unspecified atom stereocenters. The molecule has 2 amide bonds. The van der Waals surface area contributed by atoms with Gasteiger partial charge in [0.15, 0.2) is 0 Å². The maximum Gasteiger partial charge on any atom is 0.323 e. The molecular weight excluding hydrogens is 236 g/mol. The highest BCUT2D eigenvalue weighted by Crippen LogP contribution is 2.14. The normalized spacial score (nSPS) is 9.62. The number of carbonyl (C=O) groups excluding carboxylic acids is 2. The molecule has 0 aliphatic heterocycles. The summed E-state index contributed by atoms with van der Waals surface area (Å²) in [4.78, 5) is 32.8.